The molecule has 1 atom stereocenters. The van der Waals surface area contributed by atoms with Crippen LogP contribution in [-0.4, -0.2) is 13.1 Å². The monoisotopic (exact) mass is 692 g/mol. The number of halogens is 2. The molecule has 0 bridgehead atoms. The lowest BCUT2D eigenvalue weighted by Gasteiger charge is -2.28. The lowest BCUT2D eigenvalue weighted by Crippen LogP contribution is -3.03. The normalized spacial score (nSPS) is 19.9. The quantitative estimate of drug-likeness (QED) is 0.197. The molecule has 7 rings (SSSR count). The maximum Gasteiger partial charge on any atom is 0.175 e. The van der Waals surface area contributed by atoms with E-state index in [1.54, 1.807) is 0 Å². The van der Waals surface area contributed by atoms with E-state index in [2.05, 4.69) is 139 Å². The van der Waals surface area contributed by atoms with E-state index in [-0.39, 0.29) is 0 Å². The van der Waals surface area contributed by atoms with Crippen molar-refractivity contribution in [1.29, 1.82) is 0 Å². The van der Waals surface area contributed by atoms with Gasteiger partial charge in [-0.3, -0.25) is 4.90 Å². The topological polar surface area (TPSA) is 10.9 Å². The van der Waals surface area contributed by atoms with Crippen LogP contribution < -0.4 is 14.7 Å². The third kappa shape index (κ3) is 6.61. The van der Waals surface area contributed by atoms with Crippen LogP contribution in [0.15, 0.2) is 164 Å². The van der Waals surface area contributed by atoms with Gasteiger partial charge in [-0.1, -0.05) is 89.6 Å². The van der Waals surface area contributed by atoms with Gasteiger partial charge in [0.25, 0.3) is 0 Å². The molecule has 3 aliphatic rings. The van der Waals surface area contributed by atoms with Crippen LogP contribution in [0.4, 0.5) is 22.7 Å². The van der Waals surface area contributed by atoms with Gasteiger partial charge < -0.3 is 9.80 Å². The van der Waals surface area contributed by atoms with Gasteiger partial charge >= 0.3 is 0 Å². The molecule has 1 N–H and O–H groups in total. The van der Waals surface area contributed by atoms with Gasteiger partial charge in [0.15, 0.2) is 10.7 Å². The number of thioether (sulfide) groups is 2. The second kappa shape index (κ2) is 14.3. The van der Waals surface area contributed by atoms with Gasteiger partial charge in [0.05, 0.1) is 27.9 Å². The molecule has 0 fully saturated rings. The molecule has 7 heteroatoms. The Balaban J connectivity index is 1.30. The molecule has 2 aliphatic heterocycles. The molecule has 0 amide bonds. The number of nitrogens with one attached hydrogen (secondary N) is 1. The van der Waals surface area contributed by atoms with Crippen molar-refractivity contribution in [1.82, 2.24) is 0 Å². The molecule has 4 aromatic rings. The minimum atomic E-state index is 0.767. The first-order valence-corrected chi connectivity index (χ1v) is 18.4. The minimum absolute atomic E-state index is 0.767. The van der Waals surface area contributed by atoms with Crippen molar-refractivity contribution < 1.29 is 4.90 Å². The molecule has 3 nitrogen and oxygen atoms in total. The summed E-state index contributed by atoms with van der Waals surface area (Å²) in [5.74, 6) is 0. The number of hydrogen-bond acceptors (Lipinski definition) is 4. The fourth-order valence-electron chi connectivity index (χ4n) is 6.47. The number of rotatable bonds is 8. The molecular formula is C40H36Cl2N3S2+. The highest BCUT2D eigenvalue weighted by molar-refractivity contribution is 8.03. The summed E-state index contributed by atoms with van der Waals surface area (Å²) in [5.41, 5.74) is 8.62. The van der Waals surface area contributed by atoms with E-state index in [0.29, 0.717) is 0 Å². The van der Waals surface area contributed by atoms with Crippen LogP contribution in [-0.2, 0) is 0 Å². The summed E-state index contributed by atoms with van der Waals surface area (Å²) in [6.45, 7) is 6.26. The molecule has 2 heterocycles. The Morgan fingerprint density at radius 1 is 0.766 bits per heavy atom. The van der Waals surface area contributed by atoms with Crippen molar-refractivity contribution in [2.75, 3.05) is 22.9 Å². The van der Waals surface area contributed by atoms with Crippen molar-refractivity contribution in [2.24, 2.45) is 0 Å². The second-order valence-corrected chi connectivity index (χ2v) is 14.5. The Bertz CT molecular complexity index is 1910. The number of para-hydroxylation sites is 2. The molecule has 47 heavy (non-hydrogen) atoms. The number of quaternary nitrogens is 1. The van der Waals surface area contributed by atoms with Gasteiger partial charge in [0.2, 0.25) is 0 Å². The van der Waals surface area contributed by atoms with Crippen molar-refractivity contribution in [2.45, 2.75) is 36.5 Å². The zero-order valence-electron chi connectivity index (χ0n) is 26.4. The van der Waals surface area contributed by atoms with E-state index < -0.39 is 0 Å². The molecule has 0 saturated heterocycles. The highest BCUT2D eigenvalue weighted by Gasteiger charge is 2.30. The van der Waals surface area contributed by atoms with E-state index in [4.69, 9.17) is 23.2 Å². The van der Waals surface area contributed by atoms with E-state index >= 15 is 0 Å². The largest absolute Gasteiger partial charge is 0.335 e. The van der Waals surface area contributed by atoms with Gasteiger partial charge in [0, 0.05) is 45.0 Å². The number of benzene rings is 4. The number of anilines is 3. The van der Waals surface area contributed by atoms with Crippen LogP contribution in [0, 0.1) is 0 Å². The maximum absolute atomic E-state index is 6.39. The van der Waals surface area contributed by atoms with Crippen molar-refractivity contribution in [3.8, 4) is 0 Å². The average Bonchev–Trinajstić information content (AvgIpc) is 3.77. The number of nitrogens with zero attached hydrogens (tertiary/aromatic N) is 2. The van der Waals surface area contributed by atoms with Crippen molar-refractivity contribution >= 4 is 69.5 Å². The summed E-state index contributed by atoms with van der Waals surface area (Å²) < 4.78 is 0. The predicted octanol–water partition coefficient (Wildman–Crippen LogP) is 11.3. The molecule has 0 saturated carbocycles. The zero-order valence-corrected chi connectivity index (χ0v) is 29.6. The smallest absolute Gasteiger partial charge is 0.175 e. The molecule has 1 unspecified atom stereocenters. The second-order valence-electron chi connectivity index (χ2n) is 11.5. The summed E-state index contributed by atoms with van der Waals surface area (Å²) in [6, 6.07) is 33.8. The van der Waals surface area contributed by atoms with Crippen LogP contribution in [0.3, 0.4) is 0 Å². The zero-order chi connectivity index (χ0) is 32.3. The van der Waals surface area contributed by atoms with E-state index in [1.807, 2.05) is 35.7 Å². The lowest BCUT2D eigenvalue weighted by atomic mass is 10.1. The van der Waals surface area contributed by atoms with Gasteiger partial charge in [-0.2, -0.15) is 0 Å². The first-order chi connectivity index (χ1) is 23.0. The molecular weight excluding hydrogens is 658 g/mol. The Kier molecular flexibility index (Phi) is 9.71. The molecule has 0 radical (unpaired) electrons. The predicted molar refractivity (Wildman–Crippen MR) is 203 cm³/mol. The van der Waals surface area contributed by atoms with Gasteiger partial charge in [0.1, 0.15) is 0 Å². The van der Waals surface area contributed by atoms with E-state index in [9.17, 15) is 0 Å². The molecule has 4 aromatic carbocycles. The van der Waals surface area contributed by atoms with Crippen molar-refractivity contribution in [3.05, 3.63) is 164 Å². The first kappa shape index (κ1) is 32.0. The van der Waals surface area contributed by atoms with Crippen LogP contribution in [0.25, 0.3) is 0 Å². The summed E-state index contributed by atoms with van der Waals surface area (Å²) in [4.78, 5) is 8.65. The van der Waals surface area contributed by atoms with Gasteiger partial charge in [-0.05, 0) is 110 Å². The van der Waals surface area contributed by atoms with E-state index in [1.165, 1.54) is 53.0 Å². The third-order valence-electron chi connectivity index (χ3n) is 8.64. The average molecular weight is 694 g/mol. The standard InChI is InChI=1S/C40H35Cl2N3S2/c1-3-43-34-26-30(41)21-23-36(34)46-38(43)17-11-12-28-18-19-29(20-25-39-44(4-2)35-27-31(42)22-24-37(35)47-39)40(28)45(32-13-7-5-8-14-32)33-15-9-6-10-16-33/h5-17,20-27H,3-4,18-19H2,1-2H3/p+1. The summed E-state index contributed by atoms with van der Waals surface area (Å²) in [5, 5.41) is 4.07. The van der Waals surface area contributed by atoms with Crippen LogP contribution in [0.1, 0.15) is 26.7 Å². The third-order valence-corrected chi connectivity index (χ3v) is 11.4. The number of allylic oxidation sites excluding steroid dienone is 7. The fourth-order valence-corrected chi connectivity index (χ4v) is 9.11. The van der Waals surface area contributed by atoms with Gasteiger partial charge in [-0.25, -0.2) is 0 Å². The molecule has 1 aliphatic carbocycles. The number of fused-ring (bicyclic) bond motifs is 2. The molecule has 0 aromatic heterocycles. The number of hydrogen-bond donors (Lipinski definition) is 1. The van der Waals surface area contributed by atoms with E-state index in [0.717, 1.165) is 47.4 Å². The lowest BCUT2D eigenvalue weighted by molar-refractivity contribution is -0.777. The summed E-state index contributed by atoms with van der Waals surface area (Å²) in [6.07, 6.45) is 13.4. The Morgan fingerprint density at radius 2 is 1.45 bits per heavy atom. The highest BCUT2D eigenvalue weighted by Crippen LogP contribution is 2.48. The van der Waals surface area contributed by atoms with Gasteiger partial charge in [-0.15, -0.1) is 0 Å². The fraction of sp³-hybridized carbons (Fsp3) is 0.150. The molecule has 0 spiro atoms. The molecule has 236 valence electrons. The highest BCUT2D eigenvalue weighted by atomic mass is 35.5. The maximum atomic E-state index is 6.39. The Morgan fingerprint density at radius 3 is 2.13 bits per heavy atom. The minimum Gasteiger partial charge on any atom is -0.335 e. The van der Waals surface area contributed by atoms with Crippen LogP contribution >= 0.6 is 46.7 Å². The Hall–Kier alpha value is -3.58. The summed E-state index contributed by atoms with van der Waals surface area (Å²) >= 11 is 16.4. The van der Waals surface area contributed by atoms with Crippen molar-refractivity contribution in [3.63, 3.8) is 0 Å². The first-order valence-electron chi connectivity index (χ1n) is 16.1. The van der Waals surface area contributed by atoms with Crippen LogP contribution in [0.5, 0.6) is 0 Å². The van der Waals surface area contributed by atoms with Crippen LogP contribution in [0.2, 0.25) is 10.0 Å². The summed E-state index contributed by atoms with van der Waals surface area (Å²) in [7, 11) is 0. The SMILES string of the molecule is CCN1C(=CC=C2CCC(C=CC=C3Sc4ccc(Cl)cc4[NH+]3CC)=C2N(c2ccccc2)c2ccccc2)Sc2ccc(Cl)cc21. The Labute approximate surface area is 296 Å².